The normalized spacial score (nSPS) is 10.4. The maximum Gasteiger partial charge on any atom is 0.360 e. The van der Waals surface area contributed by atoms with E-state index >= 15 is 0 Å². The van der Waals surface area contributed by atoms with Crippen molar-refractivity contribution in [2.45, 2.75) is 13.3 Å². The van der Waals surface area contributed by atoms with Gasteiger partial charge in [0.2, 0.25) is 0 Å². The van der Waals surface area contributed by atoms with Crippen LogP contribution in [0.1, 0.15) is 23.1 Å². The lowest BCUT2D eigenvalue weighted by Crippen LogP contribution is -2.03. The van der Waals surface area contributed by atoms with Gasteiger partial charge in [0.1, 0.15) is 11.4 Å². The summed E-state index contributed by atoms with van der Waals surface area (Å²) in [5.74, 6) is -0.537. The molecule has 2 aromatic rings. The van der Waals surface area contributed by atoms with Crippen LogP contribution in [-0.2, 0) is 11.2 Å². The predicted molar refractivity (Wildman–Crippen MR) is 54.7 cm³/mol. The van der Waals surface area contributed by atoms with Crippen LogP contribution in [0.3, 0.4) is 0 Å². The number of hydrogen-bond acceptors (Lipinski definition) is 5. The molecule has 2 N–H and O–H groups in total. The molecular weight excluding hydrogens is 210 g/mol. The van der Waals surface area contributed by atoms with Crippen LogP contribution in [0.4, 0.5) is 0 Å². The maximum atomic E-state index is 11.4. The molecule has 2 aromatic heterocycles. The molecular formula is C9H11N5O2. The SMILES string of the molecule is CCc1cc(-c2n[nH]nc2C(=O)OC)n[nH]1. The van der Waals surface area contributed by atoms with Gasteiger partial charge in [0, 0.05) is 5.69 Å². The number of hydrogen-bond donors (Lipinski definition) is 2. The minimum absolute atomic E-state index is 0.136. The molecule has 7 nitrogen and oxygen atoms in total. The largest absolute Gasteiger partial charge is 0.464 e. The lowest BCUT2D eigenvalue weighted by molar-refractivity contribution is 0.0595. The first-order chi connectivity index (χ1) is 7.76. The third-order valence-corrected chi connectivity index (χ3v) is 2.18. The van der Waals surface area contributed by atoms with E-state index in [1.165, 1.54) is 7.11 Å². The number of aromatic amines is 2. The van der Waals surface area contributed by atoms with E-state index in [1.54, 1.807) is 0 Å². The molecule has 0 fully saturated rings. The first-order valence-electron chi connectivity index (χ1n) is 4.80. The summed E-state index contributed by atoms with van der Waals surface area (Å²) in [6, 6.07) is 1.82. The Labute approximate surface area is 91.2 Å². The Morgan fingerprint density at radius 1 is 1.44 bits per heavy atom. The van der Waals surface area contributed by atoms with Crippen molar-refractivity contribution in [1.29, 1.82) is 0 Å². The summed E-state index contributed by atoms with van der Waals surface area (Å²) < 4.78 is 4.59. The van der Waals surface area contributed by atoms with Gasteiger partial charge < -0.3 is 4.74 Å². The van der Waals surface area contributed by atoms with E-state index in [-0.39, 0.29) is 5.69 Å². The smallest absolute Gasteiger partial charge is 0.360 e. The summed E-state index contributed by atoms with van der Waals surface area (Å²) in [4.78, 5) is 11.4. The Hall–Kier alpha value is -2.18. The van der Waals surface area contributed by atoms with E-state index in [0.29, 0.717) is 11.4 Å². The fourth-order valence-corrected chi connectivity index (χ4v) is 1.31. The van der Waals surface area contributed by atoms with Gasteiger partial charge in [0.15, 0.2) is 5.69 Å². The molecule has 0 unspecified atom stereocenters. The molecule has 0 amide bonds. The van der Waals surface area contributed by atoms with E-state index in [1.807, 2.05) is 13.0 Å². The molecule has 16 heavy (non-hydrogen) atoms. The van der Waals surface area contributed by atoms with Gasteiger partial charge in [-0.25, -0.2) is 4.79 Å². The van der Waals surface area contributed by atoms with Crippen molar-refractivity contribution in [3.8, 4) is 11.4 Å². The Morgan fingerprint density at radius 3 is 2.88 bits per heavy atom. The number of methoxy groups -OCH3 is 1. The van der Waals surface area contributed by atoms with Crippen molar-refractivity contribution in [3.63, 3.8) is 0 Å². The van der Waals surface area contributed by atoms with Crippen LogP contribution in [0.25, 0.3) is 11.4 Å². The highest BCUT2D eigenvalue weighted by atomic mass is 16.5. The quantitative estimate of drug-likeness (QED) is 0.737. The summed E-state index contributed by atoms with van der Waals surface area (Å²) in [6.45, 7) is 2.00. The van der Waals surface area contributed by atoms with Crippen LogP contribution in [0.5, 0.6) is 0 Å². The van der Waals surface area contributed by atoms with Crippen molar-refractivity contribution >= 4 is 5.97 Å². The highest BCUT2D eigenvalue weighted by molar-refractivity contribution is 5.93. The molecule has 2 heterocycles. The Kier molecular flexibility index (Phi) is 2.67. The summed E-state index contributed by atoms with van der Waals surface area (Å²) in [7, 11) is 1.29. The number of rotatable bonds is 3. The fraction of sp³-hybridized carbons (Fsp3) is 0.333. The lowest BCUT2D eigenvalue weighted by Gasteiger charge is -1.94. The van der Waals surface area contributed by atoms with Gasteiger partial charge >= 0.3 is 5.97 Å². The molecule has 0 spiro atoms. The predicted octanol–water partition coefficient (Wildman–Crippen LogP) is 0.544. The second-order valence-electron chi connectivity index (χ2n) is 3.14. The first-order valence-corrected chi connectivity index (χ1v) is 4.80. The molecule has 2 rings (SSSR count). The van der Waals surface area contributed by atoms with Gasteiger partial charge in [0.25, 0.3) is 0 Å². The van der Waals surface area contributed by atoms with Gasteiger partial charge in [-0.1, -0.05) is 6.92 Å². The van der Waals surface area contributed by atoms with Crippen molar-refractivity contribution in [1.82, 2.24) is 25.6 Å². The van der Waals surface area contributed by atoms with Crippen molar-refractivity contribution < 1.29 is 9.53 Å². The highest BCUT2D eigenvalue weighted by Gasteiger charge is 2.20. The topological polar surface area (TPSA) is 96.6 Å². The number of esters is 1. The van der Waals surface area contributed by atoms with E-state index in [9.17, 15) is 4.79 Å². The van der Waals surface area contributed by atoms with E-state index in [4.69, 9.17) is 0 Å². The summed E-state index contributed by atoms with van der Waals surface area (Å²) in [6.07, 6.45) is 0.832. The van der Waals surface area contributed by atoms with Crippen molar-refractivity contribution in [2.75, 3.05) is 7.11 Å². The zero-order valence-electron chi connectivity index (χ0n) is 8.94. The van der Waals surface area contributed by atoms with Gasteiger partial charge in [-0.05, 0) is 12.5 Å². The molecule has 0 aliphatic rings. The van der Waals surface area contributed by atoms with Crippen molar-refractivity contribution in [3.05, 3.63) is 17.5 Å². The number of aromatic nitrogens is 5. The standard InChI is InChI=1S/C9H11N5O2/c1-3-5-4-6(11-10-5)7-8(9(15)16-2)13-14-12-7/h4H,3H2,1-2H3,(H,10,11)(H,12,13,14). The van der Waals surface area contributed by atoms with Crippen LogP contribution in [0.15, 0.2) is 6.07 Å². The molecule has 0 aromatic carbocycles. The number of nitrogens with one attached hydrogen (secondary N) is 2. The van der Waals surface area contributed by atoms with Crippen molar-refractivity contribution in [2.24, 2.45) is 0 Å². The molecule has 0 atom stereocenters. The van der Waals surface area contributed by atoms with Crippen LogP contribution >= 0.6 is 0 Å². The number of carbonyl (C=O) groups excluding carboxylic acids is 1. The molecule has 84 valence electrons. The molecule has 0 saturated heterocycles. The minimum Gasteiger partial charge on any atom is -0.464 e. The Balaban J connectivity index is 2.40. The molecule has 0 saturated carbocycles. The zero-order chi connectivity index (χ0) is 11.5. The molecule has 0 aliphatic carbocycles. The van der Waals surface area contributed by atoms with Gasteiger partial charge in [-0.15, -0.1) is 5.10 Å². The summed E-state index contributed by atoms with van der Waals surface area (Å²) in [5, 5.41) is 16.9. The average molecular weight is 221 g/mol. The maximum absolute atomic E-state index is 11.4. The number of aryl methyl sites for hydroxylation is 1. The third kappa shape index (κ3) is 1.67. The molecule has 7 heteroatoms. The van der Waals surface area contributed by atoms with Gasteiger partial charge in [0.05, 0.1) is 7.11 Å². The summed E-state index contributed by atoms with van der Waals surface area (Å²) in [5.41, 5.74) is 2.07. The average Bonchev–Trinajstić information content (AvgIpc) is 2.95. The van der Waals surface area contributed by atoms with Gasteiger partial charge in [-0.2, -0.15) is 15.4 Å². The monoisotopic (exact) mass is 221 g/mol. The number of nitrogens with zero attached hydrogens (tertiary/aromatic N) is 3. The number of carbonyl (C=O) groups is 1. The molecule has 0 bridgehead atoms. The lowest BCUT2D eigenvalue weighted by atomic mass is 10.2. The second-order valence-corrected chi connectivity index (χ2v) is 3.14. The Bertz CT molecular complexity index is 501. The van der Waals surface area contributed by atoms with Crippen LogP contribution in [0, 0.1) is 0 Å². The van der Waals surface area contributed by atoms with Crippen LogP contribution in [0.2, 0.25) is 0 Å². The number of ether oxygens (including phenoxy) is 1. The Morgan fingerprint density at radius 2 is 2.25 bits per heavy atom. The van der Waals surface area contributed by atoms with E-state index in [2.05, 4.69) is 30.3 Å². The summed E-state index contributed by atoms with van der Waals surface area (Å²) >= 11 is 0. The second kappa shape index (κ2) is 4.13. The van der Waals surface area contributed by atoms with Crippen LogP contribution in [-0.4, -0.2) is 38.7 Å². The third-order valence-electron chi connectivity index (χ3n) is 2.18. The first kappa shape index (κ1) is 10.3. The molecule has 0 radical (unpaired) electrons. The minimum atomic E-state index is -0.537. The zero-order valence-corrected chi connectivity index (χ0v) is 8.94. The highest BCUT2D eigenvalue weighted by Crippen LogP contribution is 2.18. The van der Waals surface area contributed by atoms with Crippen LogP contribution < -0.4 is 0 Å². The fourth-order valence-electron chi connectivity index (χ4n) is 1.31. The number of H-pyrrole nitrogens is 2. The molecule has 0 aliphatic heterocycles. The van der Waals surface area contributed by atoms with E-state index in [0.717, 1.165) is 12.1 Å². The van der Waals surface area contributed by atoms with Gasteiger partial charge in [-0.3, -0.25) is 5.10 Å². The van der Waals surface area contributed by atoms with E-state index < -0.39 is 5.97 Å².